The Kier molecular flexibility index (Phi) is 9.73. The molecular formula is C16H29N3O6. The molecule has 4 unspecified atom stereocenters. The molecule has 0 aromatic carbocycles. The number of nitrogens with one attached hydrogen (secondary N) is 2. The highest BCUT2D eigenvalue weighted by Crippen LogP contribution is 2.09. The van der Waals surface area contributed by atoms with Crippen molar-refractivity contribution in [3.8, 4) is 0 Å². The van der Waals surface area contributed by atoms with Crippen molar-refractivity contribution in [3.63, 3.8) is 0 Å². The van der Waals surface area contributed by atoms with Crippen molar-refractivity contribution in [2.75, 3.05) is 0 Å². The summed E-state index contributed by atoms with van der Waals surface area (Å²) in [7, 11) is 0. The number of aliphatic carboxylic acids is 2. The number of carboxylic acid groups (broad SMARTS) is 2. The van der Waals surface area contributed by atoms with Crippen LogP contribution < -0.4 is 16.4 Å². The molecule has 0 aliphatic carbocycles. The van der Waals surface area contributed by atoms with Gasteiger partial charge in [0.05, 0.1) is 12.5 Å². The monoisotopic (exact) mass is 359 g/mol. The van der Waals surface area contributed by atoms with Crippen molar-refractivity contribution in [2.24, 2.45) is 17.6 Å². The van der Waals surface area contributed by atoms with Crippen LogP contribution in [-0.4, -0.2) is 52.1 Å². The van der Waals surface area contributed by atoms with Crippen LogP contribution >= 0.6 is 0 Å². The van der Waals surface area contributed by atoms with Crippen molar-refractivity contribution < 1.29 is 29.4 Å². The maximum Gasteiger partial charge on any atom is 0.326 e. The third-order valence-electron chi connectivity index (χ3n) is 3.89. The molecule has 0 aliphatic heterocycles. The van der Waals surface area contributed by atoms with Crippen molar-refractivity contribution in [1.82, 2.24) is 10.6 Å². The second-order valence-electron chi connectivity index (χ2n) is 6.60. The number of carboxylic acids is 2. The van der Waals surface area contributed by atoms with Gasteiger partial charge in [0.25, 0.3) is 0 Å². The SMILES string of the molecule is CCC(C)C(N)C(=O)NC(CC(C)C)C(=O)NC(CC(=O)O)C(=O)O. The minimum absolute atomic E-state index is 0.0404. The molecule has 144 valence electrons. The molecule has 0 radical (unpaired) electrons. The summed E-state index contributed by atoms with van der Waals surface area (Å²) in [5.41, 5.74) is 5.85. The average Bonchev–Trinajstić information content (AvgIpc) is 2.50. The van der Waals surface area contributed by atoms with E-state index in [1.807, 2.05) is 27.7 Å². The Morgan fingerprint density at radius 3 is 1.88 bits per heavy atom. The molecule has 0 spiro atoms. The van der Waals surface area contributed by atoms with Crippen molar-refractivity contribution >= 4 is 23.8 Å². The number of carbonyl (C=O) groups is 4. The normalized spacial score (nSPS) is 15.8. The van der Waals surface area contributed by atoms with Crippen LogP contribution in [0.15, 0.2) is 0 Å². The van der Waals surface area contributed by atoms with Crippen LogP contribution in [0.2, 0.25) is 0 Å². The Balaban J connectivity index is 5.11. The minimum atomic E-state index is -1.57. The third-order valence-corrected chi connectivity index (χ3v) is 3.89. The Bertz CT molecular complexity index is 494. The van der Waals surface area contributed by atoms with E-state index in [-0.39, 0.29) is 18.3 Å². The molecule has 0 aromatic rings. The van der Waals surface area contributed by atoms with Crippen LogP contribution in [0.1, 0.15) is 47.0 Å². The topological polar surface area (TPSA) is 159 Å². The average molecular weight is 359 g/mol. The van der Waals surface area contributed by atoms with E-state index in [1.165, 1.54) is 0 Å². The van der Waals surface area contributed by atoms with Crippen molar-refractivity contribution in [3.05, 3.63) is 0 Å². The molecule has 0 fully saturated rings. The fraction of sp³-hybridized carbons (Fsp3) is 0.750. The van der Waals surface area contributed by atoms with E-state index >= 15 is 0 Å². The first-order valence-electron chi connectivity index (χ1n) is 8.30. The third kappa shape index (κ3) is 8.48. The second kappa shape index (κ2) is 10.7. The molecule has 0 aromatic heterocycles. The lowest BCUT2D eigenvalue weighted by molar-refractivity contribution is -0.147. The number of carbonyl (C=O) groups excluding carboxylic acids is 2. The summed E-state index contributed by atoms with van der Waals surface area (Å²) in [5, 5.41) is 22.5. The lowest BCUT2D eigenvalue weighted by Crippen LogP contribution is -2.56. The molecule has 9 heteroatoms. The van der Waals surface area contributed by atoms with Crippen molar-refractivity contribution in [1.29, 1.82) is 0 Å². The Morgan fingerprint density at radius 2 is 1.48 bits per heavy atom. The molecular weight excluding hydrogens is 330 g/mol. The highest BCUT2D eigenvalue weighted by Gasteiger charge is 2.30. The molecule has 0 saturated carbocycles. The zero-order chi connectivity index (χ0) is 19.7. The molecule has 9 nitrogen and oxygen atoms in total. The van der Waals surface area contributed by atoms with Gasteiger partial charge in [0, 0.05) is 0 Å². The zero-order valence-corrected chi connectivity index (χ0v) is 15.1. The van der Waals surface area contributed by atoms with Gasteiger partial charge in [0.15, 0.2) is 0 Å². The Morgan fingerprint density at radius 1 is 0.960 bits per heavy atom. The Labute approximate surface area is 147 Å². The van der Waals surface area contributed by atoms with E-state index in [9.17, 15) is 19.2 Å². The molecule has 0 saturated heterocycles. The smallest absolute Gasteiger partial charge is 0.326 e. The van der Waals surface area contributed by atoms with Crippen LogP contribution in [0.5, 0.6) is 0 Å². The van der Waals surface area contributed by atoms with Crippen molar-refractivity contribution in [2.45, 2.75) is 65.1 Å². The molecule has 0 bridgehead atoms. The minimum Gasteiger partial charge on any atom is -0.481 e. The quantitative estimate of drug-likeness (QED) is 0.345. The van der Waals surface area contributed by atoms with E-state index in [0.717, 1.165) is 0 Å². The van der Waals surface area contributed by atoms with Gasteiger partial charge in [-0.25, -0.2) is 4.79 Å². The van der Waals surface area contributed by atoms with Crippen LogP contribution in [0.25, 0.3) is 0 Å². The van der Waals surface area contributed by atoms with Gasteiger partial charge in [-0.3, -0.25) is 14.4 Å². The maximum absolute atomic E-state index is 12.3. The first kappa shape index (κ1) is 22.8. The molecule has 0 heterocycles. The second-order valence-corrected chi connectivity index (χ2v) is 6.60. The fourth-order valence-corrected chi connectivity index (χ4v) is 2.13. The van der Waals surface area contributed by atoms with Gasteiger partial charge in [-0.05, 0) is 18.3 Å². The first-order valence-corrected chi connectivity index (χ1v) is 8.30. The summed E-state index contributed by atoms with van der Waals surface area (Å²) in [5.74, 6) is -4.09. The van der Waals surface area contributed by atoms with Crippen LogP contribution in [0.4, 0.5) is 0 Å². The number of rotatable bonds is 11. The largest absolute Gasteiger partial charge is 0.481 e. The number of hydrogen-bond donors (Lipinski definition) is 5. The van der Waals surface area contributed by atoms with Gasteiger partial charge in [-0.15, -0.1) is 0 Å². The van der Waals surface area contributed by atoms with Crippen LogP contribution in [-0.2, 0) is 19.2 Å². The van der Waals surface area contributed by atoms with Crippen LogP contribution in [0.3, 0.4) is 0 Å². The van der Waals surface area contributed by atoms with E-state index in [1.54, 1.807) is 0 Å². The maximum atomic E-state index is 12.3. The van der Waals surface area contributed by atoms with E-state index in [0.29, 0.717) is 6.42 Å². The van der Waals surface area contributed by atoms with E-state index < -0.39 is 48.3 Å². The number of nitrogens with two attached hydrogens (primary N) is 1. The predicted octanol–water partition coefficient (Wildman–Crippen LogP) is -0.0652. The molecule has 0 aliphatic rings. The van der Waals surface area contributed by atoms with Gasteiger partial charge in [0.1, 0.15) is 12.1 Å². The summed E-state index contributed by atoms with van der Waals surface area (Å²) in [4.78, 5) is 46.4. The van der Waals surface area contributed by atoms with Gasteiger partial charge >= 0.3 is 11.9 Å². The molecule has 25 heavy (non-hydrogen) atoms. The predicted molar refractivity (Wildman–Crippen MR) is 90.6 cm³/mol. The standard InChI is InChI=1S/C16H29N3O6/c1-5-9(4)13(17)15(23)18-10(6-8(2)3)14(22)19-11(16(24)25)7-12(20)21/h8-11,13H,5-7,17H2,1-4H3,(H,18,23)(H,19,22)(H,20,21)(H,24,25). The summed E-state index contributed by atoms with van der Waals surface area (Å²) < 4.78 is 0. The van der Waals surface area contributed by atoms with Gasteiger partial charge in [-0.1, -0.05) is 34.1 Å². The summed E-state index contributed by atoms with van der Waals surface area (Å²) in [6.07, 6.45) is 0.204. The van der Waals surface area contributed by atoms with E-state index in [4.69, 9.17) is 15.9 Å². The Hall–Kier alpha value is -2.16. The highest BCUT2D eigenvalue weighted by atomic mass is 16.4. The van der Waals surface area contributed by atoms with Gasteiger partial charge in [0.2, 0.25) is 11.8 Å². The van der Waals surface area contributed by atoms with Gasteiger partial charge in [-0.2, -0.15) is 0 Å². The molecule has 0 rings (SSSR count). The summed E-state index contributed by atoms with van der Waals surface area (Å²) >= 11 is 0. The first-order chi connectivity index (χ1) is 11.5. The highest BCUT2D eigenvalue weighted by molar-refractivity contribution is 5.92. The lowest BCUT2D eigenvalue weighted by atomic mass is 9.97. The summed E-state index contributed by atoms with van der Waals surface area (Å²) in [6, 6.07) is -3.35. The summed E-state index contributed by atoms with van der Waals surface area (Å²) in [6.45, 7) is 7.38. The molecule has 4 atom stereocenters. The molecule has 6 N–H and O–H groups in total. The number of hydrogen-bond acceptors (Lipinski definition) is 5. The fourth-order valence-electron chi connectivity index (χ4n) is 2.13. The number of amides is 2. The molecule has 2 amide bonds. The zero-order valence-electron chi connectivity index (χ0n) is 15.1. The lowest BCUT2D eigenvalue weighted by Gasteiger charge is -2.25. The van der Waals surface area contributed by atoms with Crippen LogP contribution in [0, 0.1) is 11.8 Å². The van der Waals surface area contributed by atoms with Gasteiger partial charge < -0.3 is 26.6 Å². The van der Waals surface area contributed by atoms with E-state index in [2.05, 4.69) is 10.6 Å².